The Morgan fingerprint density at radius 3 is 2.09 bits per heavy atom. The first-order valence-corrected chi connectivity index (χ1v) is 10.4. The van der Waals surface area contributed by atoms with Crippen LogP contribution in [0.15, 0.2) is 0 Å². The average Bonchev–Trinajstić information content (AvgIpc) is 3.22. The molecule has 15 nitrogen and oxygen atoms in total. The number of carboxylic acid groups (broad SMARTS) is 3. The Morgan fingerprint density at radius 2 is 1.56 bits per heavy atom. The zero-order valence-corrected chi connectivity index (χ0v) is 18.3. The molecule has 0 bridgehead atoms. The fourth-order valence-electron chi connectivity index (χ4n) is 3.38. The first kappa shape index (κ1) is 28.3. The molecule has 0 radical (unpaired) electrons. The number of aliphatic carboxylic acids is 3. The van der Waals surface area contributed by atoms with Crippen molar-refractivity contribution in [2.24, 2.45) is 11.5 Å². The lowest BCUT2D eigenvalue weighted by molar-refractivity contribution is -0.147. The second-order valence-corrected chi connectivity index (χ2v) is 7.79. The average molecular weight is 487 g/mol. The third kappa shape index (κ3) is 9.01. The molecule has 190 valence electrons. The van der Waals surface area contributed by atoms with Crippen molar-refractivity contribution in [2.75, 3.05) is 6.54 Å². The monoisotopic (exact) mass is 487 g/mol. The van der Waals surface area contributed by atoms with Crippen LogP contribution in [0.1, 0.15) is 44.9 Å². The fourth-order valence-corrected chi connectivity index (χ4v) is 3.38. The minimum absolute atomic E-state index is 0.0486. The molecule has 0 aliphatic carbocycles. The lowest BCUT2D eigenvalue weighted by atomic mass is 10.1. The molecule has 0 aromatic carbocycles. The maximum atomic E-state index is 13.0. The summed E-state index contributed by atoms with van der Waals surface area (Å²) in [6.45, 7) is 0.0486. The van der Waals surface area contributed by atoms with Gasteiger partial charge >= 0.3 is 17.9 Å². The van der Waals surface area contributed by atoms with Gasteiger partial charge in [0.2, 0.25) is 23.6 Å². The number of carboxylic acids is 3. The SMILES string of the molecule is NC(=O)CCC(NC(=O)C1CCCN1C(=O)C(CC(=O)O)NC(=O)C(N)CCC(=O)O)C(=O)O. The molecular weight excluding hydrogens is 458 g/mol. The van der Waals surface area contributed by atoms with E-state index in [1.807, 2.05) is 0 Å². The van der Waals surface area contributed by atoms with E-state index in [0.29, 0.717) is 6.42 Å². The van der Waals surface area contributed by atoms with E-state index in [0.717, 1.165) is 4.90 Å². The summed E-state index contributed by atoms with van der Waals surface area (Å²) in [5, 5.41) is 31.5. The summed E-state index contributed by atoms with van der Waals surface area (Å²) in [6.07, 6.45) is -1.52. The van der Waals surface area contributed by atoms with Crippen LogP contribution >= 0.6 is 0 Å². The molecular formula is C19H29N5O10. The zero-order valence-electron chi connectivity index (χ0n) is 18.3. The number of nitrogens with two attached hydrogens (primary N) is 2. The Morgan fingerprint density at radius 1 is 0.912 bits per heavy atom. The Kier molecular flexibility index (Phi) is 10.9. The summed E-state index contributed by atoms with van der Waals surface area (Å²) in [4.78, 5) is 83.2. The third-order valence-corrected chi connectivity index (χ3v) is 5.13. The van der Waals surface area contributed by atoms with Crippen molar-refractivity contribution in [3.63, 3.8) is 0 Å². The molecule has 1 heterocycles. The Balaban J connectivity index is 2.93. The molecule has 34 heavy (non-hydrogen) atoms. The molecule has 1 aliphatic rings. The van der Waals surface area contributed by atoms with Crippen LogP contribution < -0.4 is 22.1 Å². The number of nitrogens with one attached hydrogen (secondary N) is 2. The van der Waals surface area contributed by atoms with Crippen LogP contribution in [0, 0.1) is 0 Å². The molecule has 1 fully saturated rings. The van der Waals surface area contributed by atoms with Gasteiger partial charge in [0.25, 0.3) is 0 Å². The predicted molar refractivity (Wildman–Crippen MR) is 112 cm³/mol. The van der Waals surface area contributed by atoms with E-state index in [1.165, 1.54) is 0 Å². The maximum Gasteiger partial charge on any atom is 0.326 e. The smallest absolute Gasteiger partial charge is 0.326 e. The largest absolute Gasteiger partial charge is 0.481 e. The van der Waals surface area contributed by atoms with Gasteiger partial charge in [-0.15, -0.1) is 0 Å². The molecule has 0 spiro atoms. The predicted octanol–water partition coefficient (Wildman–Crippen LogP) is -3.04. The van der Waals surface area contributed by atoms with Crippen molar-refractivity contribution in [3.8, 4) is 0 Å². The summed E-state index contributed by atoms with van der Waals surface area (Å²) in [5.41, 5.74) is 10.6. The first-order valence-electron chi connectivity index (χ1n) is 10.4. The molecule has 1 aliphatic heterocycles. The molecule has 4 unspecified atom stereocenters. The van der Waals surface area contributed by atoms with Crippen molar-refractivity contribution in [2.45, 2.75) is 69.1 Å². The molecule has 0 aromatic heterocycles. The van der Waals surface area contributed by atoms with Gasteiger partial charge in [0.15, 0.2) is 0 Å². The van der Waals surface area contributed by atoms with Crippen LogP contribution in [-0.2, 0) is 33.6 Å². The summed E-state index contributed by atoms with van der Waals surface area (Å²) in [5.74, 6) is -7.41. The highest BCUT2D eigenvalue weighted by Gasteiger charge is 2.39. The van der Waals surface area contributed by atoms with Crippen molar-refractivity contribution >= 4 is 41.5 Å². The number of carbonyl (C=O) groups excluding carboxylic acids is 4. The minimum Gasteiger partial charge on any atom is -0.481 e. The van der Waals surface area contributed by atoms with E-state index in [2.05, 4.69) is 10.6 Å². The second-order valence-electron chi connectivity index (χ2n) is 7.79. The van der Waals surface area contributed by atoms with Gasteiger partial charge in [0, 0.05) is 19.4 Å². The van der Waals surface area contributed by atoms with Crippen LogP contribution in [0.3, 0.4) is 0 Å². The Bertz CT molecular complexity index is 832. The van der Waals surface area contributed by atoms with E-state index in [1.54, 1.807) is 0 Å². The van der Waals surface area contributed by atoms with Crippen LogP contribution in [0.5, 0.6) is 0 Å². The summed E-state index contributed by atoms with van der Waals surface area (Å²) < 4.78 is 0. The van der Waals surface area contributed by atoms with Crippen molar-refractivity contribution in [1.82, 2.24) is 15.5 Å². The van der Waals surface area contributed by atoms with E-state index >= 15 is 0 Å². The van der Waals surface area contributed by atoms with E-state index in [4.69, 9.17) is 21.7 Å². The molecule has 0 saturated carbocycles. The van der Waals surface area contributed by atoms with Crippen LogP contribution in [0.25, 0.3) is 0 Å². The van der Waals surface area contributed by atoms with Gasteiger partial charge in [-0.3, -0.25) is 28.8 Å². The minimum atomic E-state index is -1.58. The van der Waals surface area contributed by atoms with Gasteiger partial charge in [-0.2, -0.15) is 0 Å². The Hall–Kier alpha value is -3.75. The van der Waals surface area contributed by atoms with Gasteiger partial charge in [0.1, 0.15) is 18.1 Å². The number of hydrogen-bond acceptors (Lipinski definition) is 8. The second kappa shape index (κ2) is 13.1. The number of rotatable bonds is 14. The first-order chi connectivity index (χ1) is 15.8. The maximum absolute atomic E-state index is 13.0. The highest BCUT2D eigenvalue weighted by molar-refractivity contribution is 5.96. The van der Waals surface area contributed by atoms with E-state index in [9.17, 15) is 38.7 Å². The molecule has 4 atom stereocenters. The molecule has 1 rings (SSSR count). The molecule has 0 aromatic rings. The van der Waals surface area contributed by atoms with Crippen molar-refractivity contribution in [3.05, 3.63) is 0 Å². The molecule has 15 heteroatoms. The fraction of sp³-hybridized carbons (Fsp3) is 0.632. The van der Waals surface area contributed by atoms with Gasteiger partial charge in [-0.1, -0.05) is 0 Å². The highest BCUT2D eigenvalue weighted by Crippen LogP contribution is 2.20. The third-order valence-electron chi connectivity index (χ3n) is 5.13. The van der Waals surface area contributed by atoms with Crippen molar-refractivity contribution < 1.29 is 48.9 Å². The molecule has 9 N–H and O–H groups in total. The summed E-state index contributed by atoms with van der Waals surface area (Å²) >= 11 is 0. The number of carbonyl (C=O) groups is 7. The number of hydrogen-bond donors (Lipinski definition) is 7. The normalized spacial score (nSPS) is 17.8. The lowest BCUT2D eigenvalue weighted by Crippen LogP contribution is -2.57. The molecule has 1 saturated heterocycles. The van der Waals surface area contributed by atoms with Gasteiger partial charge < -0.3 is 42.3 Å². The van der Waals surface area contributed by atoms with Gasteiger partial charge in [-0.05, 0) is 25.7 Å². The standard InChI is InChI=1S/C19H29N5O10/c20-9(3-6-14(26)27)16(30)23-11(8-15(28)29)18(32)24-7-1-2-12(24)17(31)22-10(19(33)34)4-5-13(21)25/h9-12H,1-8,20H2,(H2,21,25)(H,22,31)(H,23,30)(H,26,27)(H,28,29)(H,33,34). The summed E-state index contributed by atoms with van der Waals surface area (Å²) in [6, 6.07) is -5.45. The number of likely N-dealkylation sites (tertiary alicyclic amines) is 1. The molecule has 4 amide bonds. The number of amides is 4. The van der Waals surface area contributed by atoms with Gasteiger partial charge in [-0.25, -0.2) is 4.79 Å². The zero-order chi connectivity index (χ0) is 26.0. The number of primary amides is 1. The van der Waals surface area contributed by atoms with Crippen LogP contribution in [0.2, 0.25) is 0 Å². The number of nitrogens with zero attached hydrogens (tertiary/aromatic N) is 1. The van der Waals surface area contributed by atoms with Crippen LogP contribution in [-0.4, -0.2) is 92.5 Å². The lowest BCUT2D eigenvalue weighted by Gasteiger charge is -2.29. The van der Waals surface area contributed by atoms with Crippen LogP contribution in [0.4, 0.5) is 0 Å². The quantitative estimate of drug-likeness (QED) is 0.129. The Labute approximate surface area is 193 Å². The van der Waals surface area contributed by atoms with Gasteiger partial charge in [0.05, 0.1) is 12.5 Å². The topological polar surface area (TPSA) is 260 Å². The summed E-state index contributed by atoms with van der Waals surface area (Å²) in [7, 11) is 0. The van der Waals surface area contributed by atoms with E-state index < -0.39 is 78.5 Å². The van der Waals surface area contributed by atoms with Crippen molar-refractivity contribution in [1.29, 1.82) is 0 Å². The highest BCUT2D eigenvalue weighted by atomic mass is 16.4. The van der Waals surface area contributed by atoms with E-state index in [-0.39, 0.29) is 32.2 Å².